The van der Waals surface area contributed by atoms with Gasteiger partial charge >= 0.3 is 0 Å². The largest absolute Gasteiger partial charge is 0.388 e. The van der Waals surface area contributed by atoms with Crippen molar-refractivity contribution in [1.82, 2.24) is 4.57 Å². The van der Waals surface area contributed by atoms with Gasteiger partial charge in [0.15, 0.2) is 0 Å². The van der Waals surface area contributed by atoms with E-state index in [-0.39, 0.29) is 5.92 Å². The van der Waals surface area contributed by atoms with Gasteiger partial charge < -0.3 is 9.67 Å². The lowest BCUT2D eigenvalue weighted by molar-refractivity contribution is 0.127. The van der Waals surface area contributed by atoms with E-state index >= 15 is 0 Å². The van der Waals surface area contributed by atoms with E-state index in [1.165, 1.54) is 0 Å². The zero-order valence-corrected chi connectivity index (χ0v) is 11.2. The minimum Gasteiger partial charge on any atom is -0.388 e. The van der Waals surface area contributed by atoms with Gasteiger partial charge in [-0.25, -0.2) is 0 Å². The summed E-state index contributed by atoms with van der Waals surface area (Å²) in [4.78, 5) is 0. The van der Waals surface area contributed by atoms with Crippen molar-refractivity contribution in [3.8, 4) is 6.07 Å². The summed E-state index contributed by atoms with van der Waals surface area (Å²) in [6.45, 7) is 4.75. The molecule has 0 aliphatic carbocycles. The highest BCUT2D eigenvalue weighted by molar-refractivity contribution is 5.31. The van der Waals surface area contributed by atoms with E-state index < -0.39 is 6.10 Å². The second-order valence-electron chi connectivity index (χ2n) is 5.11. The fourth-order valence-corrected chi connectivity index (χ4v) is 2.01. The molecule has 0 radical (unpaired) electrons. The molecule has 0 saturated heterocycles. The Labute approximate surface area is 113 Å². The molecule has 0 aliphatic heterocycles. The number of nitriles is 1. The summed E-state index contributed by atoms with van der Waals surface area (Å²) < 4.78 is 2.04. The number of nitrogens with zero attached hydrogens (tertiary/aromatic N) is 2. The van der Waals surface area contributed by atoms with Crippen LogP contribution in [-0.4, -0.2) is 9.67 Å². The first-order valence-electron chi connectivity index (χ1n) is 6.43. The summed E-state index contributed by atoms with van der Waals surface area (Å²) in [6, 6.07) is 11.6. The molecule has 1 unspecified atom stereocenters. The van der Waals surface area contributed by atoms with Crippen LogP contribution in [0.5, 0.6) is 0 Å². The summed E-state index contributed by atoms with van der Waals surface area (Å²) in [5, 5.41) is 18.7. The highest BCUT2D eigenvalue weighted by Crippen LogP contribution is 2.21. The summed E-state index contributed by atoms with van der Waals surface area (Å²) in [7, 11) is 0. The number of hydrogen-bond acceptors (Lipinski definition) is 2. The minimum atomic E-state index is -0.415. The molecule has 1 heterocycles. The second kappa shape index (κ2) is 5.73. The molecule has 0 fully saturated rings. The van der Waals surface area contributed by atoms with Gasteiger partial charge in [-0.3, -0.25) is 0 Å². The smallest absolute Gasteiger partial charge is 0.0991 e. The molecule has 1 aromatic carbocycles. The van der Waals surface area contributed by atoms with Gasteiger partial charge in [0.05, 0.1) is 17.7 Å². The van der Waals surface area contributed by atoms with Gasteiger partial charge in [-0.15, -0.1) is 0 Å². The Morgan fingerprint density at radius 3 is 2.47 bits per heavy atom. The lowest BCUT2D eigenvalue weighted by Gasteiger charge is -2.12. The van der Waals surface area contributed by atoms with Crippen LogP contribution in [0.4, 0.5) is 0 Å². The first-order chi connectivity index (χ1) is 9.10. The fraction of sp³-hybridized carbons (Fsp3) is 0.312. The summed E-state index contributed by atoms with van der Waals surface area (Å²) in [6.07, 6.45) is 3.53. The van der Waals surface area contributed by atoms with E-state index in [1.54, 1.807) is 0 Å². The van der Waals surface area contributed by atoms with Gasteiger partial charge in [0.1, 0.15) is 0 Å². The van der Waals surface area contributed by atoms with E-state index in [9.17, 15) is 5.11 Å². The van der Waals surface area contributed by atoms with E-state index in [4.69, 9.17) is 5.26 Å². The maximum atomic E-state index is 10.00. The first-order valence-corrected chi connectivity index (χ1v) is 6.43. The average Bonchev–Trinajstić information content (AvgIpc) is 2.87. The number of benzene rings is 1. The summed E-state index contributed by atoms with van der Waals surface area (Å²) in [5.41, 5.74) is 2.76. The number of rotatable bonds is 4. The third-order valence-corrected chi connectivity index (χ3v) is 3.19. The Hall–Kier alpha value is -2.05. The monoisotopic (exact) mass is 254 g/mol. The van der Waals surface area contributed by atoms with Crippen LogP contribution in [0.3, 0.4) is 0 Å². The van der Waals surface area contributed by atoms with E-state index in [1.807, 2.05) is 61.1 Å². The third kappa shape index (κ3) is 3.24. The van der Waals surface area contributed by atoms with Crippen LogP contribution in [-0.2, 0) is 6.54 Å². The van der Waals surface area contributed by atoms with Gasteiger partial charge in [-0.1, -0.05) is 26.0 Å². The lowest BCUT2D eigenvalue weighted by atomic mass is 10.0. The van der Waals surface area contributed by atoms with Gasteiger partial charge in [0.2, 0.25) is 0 Å². The molecule has 0 spiro atoms. The fourth-order valence-electron chi connectivity index (χ4n) is 2.01. The predicted molar refractivity (Wildman–Crippen MR) is 74.5 cm³/mol. The average molecular weight is 254 g/mol. The van der Waals surface area contributed by atoms with E-state index in [0.29, 0.717) is 5.56 Å². The molecule has 19 heavy (non-hydrogen) atoms. The van der Waals surface area contributed by atoms with Crippen molar-refractivity contribution in [2.24, 2.45) is 5.92 Å². The van der Waals surface area contributed by atoms with Crippen molar-refractivity contribution in [1.29, 1.82) is 5.26 Å². The van der Waals surface area contributed by atoms with Gasteiger partial charge in [-0.05, 0) is 35.2 Å². The van der Waals surface area contributed by atoms with Crippen LogP contribution in [0.1, 0.15) is 36.6 Å². The Morgan fingerprint density at radius 1 is 1.21 bits per heavy atom. The van der Waals surface area contributed by atoms with E-state index in [0.717, 1.165) is 17.7 Å². The number of aliphatic hydroxyl groups is 1. The highest BCUT2D eigenvalue weighted by Gasteiger charge is 2.12. The van der Waals surface area contributed by atoms with Gasteiger partial charge in [-0.2, -0.15) is 5.26 Å². The molecule has 0 amide bonds. The van der Waals surface area contributed by atoms with Crippen LogP contribution in [0.25, 0.3) is 0 Å². The van der Waals surface area contributed by atoms with Crippen LogP contribution < -0.4 is 0 Å². The molecule has 1 N–H and O–H groups in total. The van der Waals surface area contributed by atoms with Crippen molar-refractivity contribution < 1.29 is 5.11 Å². The molecule has 98 valence electrons. The van der Waals surface area contributed by atoms with Crippen molar-refractivity contribution >= 4 is 0 Å². The van der Waals surface area contributed by atoms with Crippen LogP contribution in [0, 0.1) is 17.2 Å². The molecule has 0 saturated carbocycles. The van der Waals surface area contributed by atoms with Crippen LogP contribution in [0.15, 0.2) is 42.7 Å². The molecule has 2 rings (SSSR count). The molecule has 2 aromatic rings. The third-order valence-electron chi connectivity index (χ3n) is 3.19. The Bertz CT molecular complexity index is 576. The number of aliphatic hydroxyl groups excluding tert-OH is 1. The zero-order valence-electron chi connectivity index (χ0n) is 11.2. The quantitative estimate of drug-likeness (QED) is 0.911. The summed E-state index contributed by atoms with van der Waals surface area (Å²) in [5.74, 6) is 0.214. The predicted octanol–water partition coefficient (Wildman–Crippen LogP) is 3.10. The first kappa shape index (κ1) is 13.4. The van der Waals surface area contributed by atoms with Crippen molar-refractivity contribution in [3.63, 3.8) is 0 Å². The van der Waals surface area contributed by atoms with E-state index in [2.05, 4.69) is 6.07 Å². The maximum Gasteiger partial charge on any atom is 0.0991 e. The molecule has 0 bridgehead atoms. The molecule has 0 aliphatic rings. The zero-order chi connectivity index (χ0) is 13.8. The van der Waals surface area contributed by atoms with Crippen molar-refractivity contribution in [2.75, 3.05) is 0 Å². The lowest BCUT2D eigenvalue weighted by Crippen LogP contribution is -2.04. The Morgan fingerprint density at radius 2 is 1.89 bits per heavy atom. The number of aromatic nitrogens is 1. The molecular formula is C16H18N2O. The molecular weight excluding hydrogens is 236 g/mol. The molecule has 1 atom stereocenters. The van der Waals surface area contributed by atoms with Gasteiger partial charge in [0, 0.05) is 18.9 Å². The number of hydrogen-bond donors (Lipinski definition) is 1. The van der Waals surface area contributed by atoms with Crippen LogP contribution in [0.2, 0.25) is 0 Å². The molecule has 3 heteroatoms. The maximum absolute atomic E-state index is 10.00. The molecule has 1 aromatic heterocycles. The second-order valence-corrected chi connectivity index (χ2v) is 5.11. The minimum absolute atomic E-state index is 0.214. The summed E-state index contributed by atoms with van der Waals surface area (Å²) >= 11 is 0. The SMILES string of the molecule is CC(C)C(O)c1ccn(Cc2ccc(C#N)cc2)c1. The molecule has 3 nitrogen and oxygen atoms in total. The van der Waals surface area contributed by atoms with Gasteiger partial charge in [0.25, 0.3) is 0 Å². The van der Waals surface area contributed by atoms with Crippen LogP contribution >= 0.6 is 0 Å². The Kier molecular flexibility index (Phi) is 4.03. The van der Waals surface area contributed by atoms with Crippen molar-refractivity contribution in [2.45, 2.75) is 26.5 Å². The topological polar surface area (TPSA) is 49.0 Å². The normalized spacial score (nSPS) is 12.4. The standard InChI is InChI=1S/C16H18N2O/c1-12(2)16(19)15-7-8-18(11-15)10-14-5-3-13(9-17)4-6-14/h3-8,11-12,16,19H,10H2,1-2H3. The highest BCUT2D eigenvalue weighted by atomic mass is 16.3. The van der Waals surface area contributed by atoms with Crippen molar-refractivity contribution in [3.05, 3.63) is 59.4 Å². The Balaban J connectivity index is 2.09.